The van der Waals surface area contributed by atoms with Crippen LogP contribution in [0.3, 0.4) is 0 Å². The Morgan fingerprint density at radius 2 is 2.12 bits per heavy atom. The van der Waals surface area contributed by atoms with Gasteiger partial charge in [0.15, 0.2) is 0 Å². The fourth-order valence-electron chi connectivity index (χ4n) is 1.26. The molecule has 0 saturated carbocycles. The van der Waals surface area contributed by atoms with E-state index in [0.717, 1.165) is 5.56 Å². The summed E-state index contributed by atoms with van der Waals surface area (Å²) in [7, 11) is 1.45. The second-order valence-corrected chi connectivity index (χ2v) is 6.25. The van der Waals surface area contributed by atoms with Crippen molar-refractivity contribution in [3.05, 3.63) is 41.4 Å². The summed E-state index contributed by atoms with van der Waals surface area (Å²) >= 11 is 5.92. The van der Waals surface area contributed by atoms with Crippen LogP contribution in [0.2, 0.25) is 5.02 Å². The smallest absolute Gasteiger partial charge is 0.264 e. The lowest BCUT2D eigenvalue weighted by molar-refractivity contribution is 0.609. The molecule has 0 N–H and O–H groups in total. The first-order valence-corrected chi connectivity index (χ1v) is 7.21. The van der Waals surface area contributed by atoms with Crippen LogP contribution in [-0.4, -0.2) is 23.2 Å². The normalized spacial score (nSPS) is 11.6. The van der Waals surface area contributed by atoms with Crippen molar-refractivity contribution in [2.75, 3.05) is 0 Å². The standard InChI is InChI=1S/C9H7Cl2N3O2S/c10-9-4-12-2-1-7(9)5-14-6-8(3-13-14)17(11,15)16/h1-4,6H,5H2. The van der Waals surface area contributed by atoms with E-state index >= 15 is 0 Å². The molecule has 2 aromatic rings. The van der Waals surface area contributed by atoms with Gasteiger partial charge in [-0.2, -0.15) is 5.10 Å². The van der Waals surface area contributed by atoms with Crippen LogP contribution in [0.4, 0.5) is 0 Å². The molecule has 0 aliphatic heterocycles. The predicted octanol–water partition coefficient (Wildman–Crippen LogP) is 1.91. The highest BCUT2D eigenvalue weighted by molar-refractivity contribution is 8.13. The molecule has 0 bridgehead atoms. The average Bonchev–Trinajstić information content (AvgIpc) is 2.69. The van der Waals surface area contributed by atoms with Crippen LogP contribution in [0.15, 0.2) is 35.7 Å². The summed E-state index contributed by atoms with van der Waals surface area (Å²) in [6, 6.07) is 1.74. The zero-order valence-electron chi connectivity index (χ0n) is 8.42. The van der Waals surface area contributed by atoms with Crippen LogP contribution in [0.1, 0.15) is 5.56 Å². The Kier molecular flexibility index (Phi) is 3.37. The summed E-state index contributed by atoms with van der Waals surface area (Å²) < 4.78 is 23.5. The molecule has 2 rings (SSSR count). The predicted molar refractivity (Wildman–Crippen MR) is 63.6 cm³/mol. The third kappa shape index (κ3) is 2.96. The number of halogens is 2. The topological polar surface area (TPSA) is 64.8 Å². The van der Waals surface area contributed by atoms with E-state index in [0.29, 0.717) is 11.6 Å². The highest BCUT2D eigenvalue weighted by Gasteiger charge is 2.13. The Balaban J connectivity index is 2.26. The highest BCUT2D eigenvalue weighted by atomic mass is 35.7. The minimum atomic E-state index is -3.74. The van der Waals surface area contributed by atoms with E-state index in [1.54, 1.807) is 12.3 Å². The van der Waals surface area contributed by atoms with Crippen molar-refractivity contribution < 1.29 is 8.42 Å². The van der Waals surface area contributed by atoms with Crippen LogP contribution in [0.25, 0.3) is 0 Å². The van der Waals surface area contributed by atoms with E-state index in [4.69, 9.17) is 22.3 Å². The first-order chi connectivity index (χ1) is 7.97. The van der Waals surface area contributed by atoms with Crippen molar-refractivity contribution in [2.45, 2.75) is 11.4 Å². The number of nitrogens with zero attached hydrogens (tertiary/aromatic N) is 3. The number of hydrogen-bond donors (Lipinski definition) is 0. The quantitative estimate of drug-likeness (QED) is 0.811. The Hall–Kier alpha value is -1.11. The van der Waals surface area contributed by atoms with Gasteiger partial charge in [0.1, 0.15) is 4.90 Å². The monoisotopic (exact) mass is 291 g/mol. The largest absolute Gasteiger partial charge is 0.267 e. The van der Waals surface area contributed by atoms with Crippen molar-refractivity contribution in [3.8, 4) is 0 Å². The molecule has 0 spiro atoms. The van der Waals surface area contributed by atoms with E-state index in [1.165, 1.54) is 23.3 Å². The molecule has 0 aromatic carbocycles. The Morgan fingerprint density at radius 1 is 1.35 bits per heavy atom. The van der Waals surface area contributed by atoms with Gasteiger partial charge >= 0.3 is 0 Å². The molecule has 0 amide bonds. The third-order valence-corrected chi connectivity index (χ3v) is 3.73. The molecule has 8 heteroatoms. The van der Waals surface area contributed by atoms with E-state index in [2.05, 4.69) is 10.1 Å². The molecule has 0 saturated heterocycles. The number of aromatic nitrogens is 3. The lowest BCUT2D eigenvalue weighted by Gasteiger charge is -2.02. The van der Waals surface area contributed by atoms with Gasteiger partial charge in [0.2, 0.25) is 0 Å². The molecule has 2 aromatic heterocycles. The van der Waals surface area contributed by atoms with Crippen molar-refractivity contribution >= 4 is 31.3 Å². The maximum Gasteiger partial charge on any atom is 0.264 e. The highest BCUT2D eigenvalue weighted by Crippen LogP contribution is 2.17. The van der Waals surface area contributed by atoms with Crippen molar-refractivity contribution in [1.82, 2.24) is 14.8 Å². The van der Waals surface area contributed by atoms with Gasteiger partial charge in [-0.25, -0.2) is 8.42 Å². The van der Waals surface area contributed by atoms with Crippen LogP contribution < -0.4 is 0 Å². The van der Waals surface area contributed by atoms with Gasteiger partial charge in [0.05, 0.1) is 17.8 Å². The minimum Gasteiger partial charge on any atom is -0.267 e. The van der Waals surface area contributed by atoms with E-state index < -0.39 is 9.05 Å². The number of pyridine rings is 1. The molecular formula is C9H7Cl2N3O2S. The average molecular weight is 292 g/mol. The summed E-state index contributed by atoms with van der Waals surface area (Å²) in [5.74, 6) is 0. The Morgan fingerprint density at radius 3 is 2.71 bits per heavy atom. The second kappa shape index (κ2) is 4.64. The molecule has 90 valence electrons. The third-order valence-electron chi connectivity index (χ3n) is 2.08. The van der Waals surface area contributed by atoms with E-state index in [-0.39, 0.29) is 4.90 Å². The van der Waals surface area contributed by atoms with Crippen LogP contribution in [0.5, 0.6) is 0 Å². The van der Waals surface area contributed by atoms with Crippen LogP contribution in [0, 0.1) is 0 Å². The molecule has 0 aliphatic rings. The van der Waals surface area contributed by atoms with Gasteiger partial charge in [-0.05, 0) is 11.6 Å². The molecule has 17 heavy (non-hydrogen) atoms. The van der Waals surface area contributed by atoms with Crippen molar-refractivity contribution in [1.29, 1.82) is 0 Å². The van der Waals surface area contributed by atoms with Gasteiger partial charge < -0.3 is 0 Å². The Bertz CT molecular complexity index is 639. The van der Waals surface area contributed by atoms with Gasteiger partial charge in [-0.3, -0.25) is 9.67 Å². The second-order valence-electron chi connectivity index (χ2n) is 3.28. The maximum absolute atomic E-state index is 11.0. The fourth-order valence-corrected chi connectivity index (χ4v) is 2.10. The molecular weight excluding hydrogens is 285 g/mol. The molecule has 0 radical (unpaired) electrons. The van der Waals surface area contributed by atoms with Crippen molar-refractivity contribution in [2.24, 2.45) is 0 Å². The molecule has 0 fully saturated rings. The van der Waals surface area contributed by atoms with E-state index in [9.17, 15) is 8.42 Å². The summed E-state index contributed by atoms with van der Waals surface area (Å²) in [6.45, 7) is 0.355. The first-order valence-electron chi connectivity index (χ1n) is 4.52. The number of rotatable bonds is 3. The molecule has 0 aliphatic carbocycles. The minimum absolute atomic E-state index is 0.0376. The number of hydrogen-bond acceptors (Lipinski definition) is 4. The SMILES string of the molecule is O=S(=O)(Cl)c1cnn(Cc2ccncc2Cl)c1. The van der Waals surface area contributed by atoms with Gasteiger partial charge in [-0.1, -0.05) is 11.6 Å². The molecule has 2 heterocycles. The van der Waals surface area contributed by atoms with E-state index in [1.807, 2.05) is 0 Å². The molecule has 0 atom stereocenters. The van der Waals surface area contributed by atoms with Crippen LogP contribution in [-0.2, 0) is 15.6 Å². The van der Waals surface area contributed by atoms with Gasteiger partial charge in [0, 0.05) is 29.3 Å². The zero-order chi connectivity index (χ0) is 12.5. The fraction of sp³-hybridized carbons (Fsp3) is 0.111. The maximum atomic E-state index is 11.0. The lowest BCUT2D eigenvalue weighted by atomic mass is 10.3. The summed E-state index contributed by atoms with van der Waals surface area (Å²) in [5, 5.41) is 4.39. The summed E-state index contributed by atoms with van der Waals surface area (Å²) in [4.78, 5) is 3.81. The summed E-state index contributed by atoms with van der Waals surface area (Å²) in [6.07, 6.45) is 5.65. The van der Waals surface area contributed by atoms with Gasteiger partial charge in [0.25, 0.3) is 9.05 Å². The van der Waals surface area contributed by atoms with Crippen LogP contribution >= 0.6 is 22.3 Å². The summed E-state index contributed by atoms with van der Waals surface area (Å²) in [5.41, 5.74) is 0.795. The Labute approximate surface area is 107 Å². The molecule has 5 nitrogen and oxygen atoms in total. The van der Waals surface area contributed by atoms with Crippen molar-refractivity contribution in [3.63, 3.8) is 0 Å². The van der Waals surface area contributed by atoms with Gasteiger partial charge in [-0.15, -0.1) is 0 Å². The lowest BCUT2D eigenvalue weighted by Crippen LogP contribution is -2.00. The first kappa shape index (κ1) is 12.3. The zero-order valence-corrected chi connectivity index (χ0v) is 10.7. The molecule has 0 unspecified atom stereocenters.